The fraction of sp³-hybridized carbons (Fsp3) is 0.462. The molecule has 20 heavy (non-hydrogen) atoms. The van der Waals surface area contributed by atoms with Crippen molar-refractivity contribution in [3.8, 4) is 0 Å². The Kier molecular flexibility index (Phi) is 3.88. The second kappa shape index (κ2) is 5.05. The van der Waals surface area contributed by atoms with Gasteiger partial charge in [-0.15, -0.1) is 0 Å². The van der Waals surface area contributed by atoms with Crippen molar-refractivity contribution >= 4 is 27.5 Å². The maximum atomic E-state index is 13.0. The molecule has 1 unspecified atom stereocenters. The van der Waals surface area contributed by atoms with Gasteiger partial charge in [-0.05, 0) is 26.0 Å². The predicted molar refractivity (Wildman–Crippen MR) is 80.1 cm³/mol. The number of carbonyl (C=O) groups is 1. The van der Waals surface area contributed by atoms with E-state index in [0.717, 1.165) is 5.75 Å². The largest absolute Gasteiger partial charge is 0.367 e. The van der Waals surface area contributed by atoms with Crippen LogP contribution in [0.5, 0.6) is 0 Å². The summed E-state index contributed by atoms with van der Waals surface area (Å²) in [6.45, 7) is 3.88. The smallest absolute Gasteiger partial charge is 0.255 e. The van der Waals surface area contributed by atoms with Crippen LogP contribution in [0.4, 0.5) is 0 Å². The van der Waals surface area contributed by atoms with Crippen molar-refractivity contribution in [2.24, 2.45) is 5.73 Å². The summed E-state index contributed by atoms with van der Waals surface area (Å²) in [4.78, 5) is 10.4. The summed E-state index contributed by atoms with van der Waals surface area (Å²) in [6, 6.07) is 7.95. The Morgan fingerprint density at radius 1 is 1.30 bits per heavy atom. The monoisotopic (exact) mass is 314 g/mol. The van der Waals surface area contributed by atoms with Crippen LogP contribution in [0.1, 0.15) is 13.8 Å². The molecule has 1 aliphatic heterocycles. The van der Waals surface area contributed by atoms with E-state index in [1.54, 1.807) is 32.0 Å². The average molecular weight is 314 g/mol. The Morgan fingerprint density at radius 3 is 2.40 bits per heavy atom. The molecule has 110 valence electrons. The van der Waals surface area contributed by atoms with Crippen LogP contribution >= 0.6 is 11.8 Å². The number of benzene rings is 1. The minimum absolute atomic E-state index is 0.0990. The number of hydrogen-bond acceptors (Lipinski definition) is 5. The van der Waals surface area contributed by atoms with Crippen LogP contribution in [0.15, 0.2) is 35.2 Å². The van der Waals surface area contributed by atoms with Crippen LogP contribution < -0.4 is 11.1 Å². The van der Waals surface area contributed by atoms with Crippen molar-refractivity contribution in [2.45, 2.75) is 28.4 Å². The Hall–Kier alpha value is -1.05. The lowest BCUT2D eigenvalue weighted by Gasteiger charge is -2.46. The van der Waals surface area contributed by atoms with Crippen LogP contribution in [0.2, 0.25) is 0 Å². The van der Waals surface area contributed by atoms with Gasteiger partial charge in [0.2, 0.25) is 14.7 Å². The van der Waals surface area contributed by atoms with Gasteiger partial charge in [0, 0.05) is 12.3 Å². The number of nitrogens with one attached hydrogen (secondary N) is 1. The molecular weight excluding hydrogens is 296 g/mol. The van der Waals surface area contributed by atoms with Crippen molar-refractivity contribution in [3.63, 3.8) is 0 Å². The summed E-state index contributed by atoms with van der Waals surface area (Å²) >= 11 is 1.43. The molecule has 0 aliphatic carbocycles. The van der Waals surface area contributed by atoms with E-state index in [4.69, 9.17) is 5.73 Å². The van der Waals surface area contributed by atoms with Crippen molar-refractivity contribution in [1.82, 2.24) is 5.32 Å². The molecule has 1 atom stereocenters. The van der Waals surface area contributed by atoms with Crippen LogP contribution in [0.3, 0.4) is 0 Å². The normalized spacial score (nSPS) is 26.1. The zero-order chi connectivity index (χ0) is 15.0. The van der Waals surface area contributed by atoms with Crippen molar-refractivity contribution in [2.75, 3.05) is 12.3 Å². The molecule has 0 aromatic heterocycles. The van der Waals surface area contributed by atoms with Gasteiger partial charge in [-0.25, -0.2) is 8.42 Å². The molecule has 0 bridgehead atoms. The lowest BCUT2D eigenvalue weighted by Crippen LogP contribution is -2.72. The summed E-state index contributed by atoms with van der Waals surface area (Å²) < 4.78 is 25.1. The summed E-state index contributed by atoms with van der Waals surface area (Å²) in [5.41, 5.74) is 5.51. The van der Waals surface area contributed by atoms with E-state index in [-0.39, 0.29) is 4.90 Å². The van der Waals surface area contributed by atoms with Gasteiger partial charge in [-0.2, -0.15) is 11.8 Å². The van der Waals surface area contributed by atoms with E-state index in [1.165, 1.54) is 23.9 Å². The fourth-order valence-electron chi connectivity index (χ4n) is 2.56. The van der Waals surface area contributed by atoms with Crippen LogP contribution in [0, 0.1) is 0 Å². The first-order valence-corrected chi connectivity index (χ1v) is 8.71. The van der Waals surface area contributed by atoms with Crippen molar-refractivity contribution in [1.29, 1.82) is 0 Å². The number of amides is 1. The Labute approximate surface area is 123 Å². The molecule has 1 saturated heterocycles. The molecule has 1 heterocycles. The Bertz CT molecular complexity index is 614. The van der Waals surface area contributed by atoms with Gasteiger partial charge in [0.1, 0.15) is 0 Å². The molecule has 1 amide bonds. The summed E-state index contributed by atoms with van der Waals surface area (Å²) in [7, 11) is -3.94. The number of sulfone groups is 1. The molecule has 3 N–H and O–H groups in total. The number of rotatable bonds is 3. The fourth-order valence-corrected chi connectivity index (χ4v) is 6.23. The zero-order valence-electron chi connectivity index (χ0n) is 11.4. The van der Waals surface area contributed by atoms with Crippen LogP contribution in [0.25, 0.3) is 0 Å². The lowest BCUT2D eigenvalue weighted by molar-refractivity contribution is -0.122. The van der Waals surface area contributed by atoms with Crippen molar-refractivity contribution in [3.05, 3.63) is 30.3 Å². The first-order valence-electron chi connectivity index (χ1n) is 6.24. The molecule has 0 spiro atoms. The molecule has 1 aromatic carbocycles. The third-order valence-electron chi connectivity index (χ3n) is 3.59. The molecule has 5 nitrogen and oxygen atoms in total. The second-order valence-corrected chi connectivity index (χ2v) is 8.96. The highest BCUT2D eigenvalue weighted by Crippen LogP contribution is 2.44. The number of thioether (sulfide) groups is 1. The molecule has 0 radical (unpaired) electrons. The standard InChI is InChI=1S/C13H18N2O3S2/c1-12(2)13(11(14)16,15-8-9-19-12)20(17,18)10-6-4-3-5-7-10/h3-7,15H,8-9H2,1-2H3,(H2,14,16). The summed E-state index contributed by atoms with van der Waals surface area (Å²) in [5.74, 6) is -0.134. The molecule has 0 saturated carbocycles. The van der Waals surface area contributed by atoms with Gasteiger partial charge < -0.3 is 5.73 Å². The SMILES string of the molecule is CC1(C)SCCNC1(C(N)=O)S(=O)(=O)c1ccccc1. The molecule has 7 heteroatoms. The zero-order valence-corrected chi connectivity index (χ0v) is 13.1. The van der Waals surface area contributed by atoms with Gasteiger partial charge >= 0.3 is 0 Å². The highest BCUT2D eigenvalue weighted by molar-refractivity contribution is 8.02. The van der Waals surface area contributed by atoms with E-state index >= 15 is 0 Å². The first kappa shape index (κ1) is 15.3. The predicted octanol–water partition coefficient (Wildman–Crippen LogP) is 0.757. The second-order valence-electron chi connectivity index (χ2n) is 5.15. The molecule has 2 rings (SSSR count). The number of nitrogens with two attached hydrogens (primary N) is 1. The minimum atomic E-state index is -3.94. The van der Waals surface area contributed by atoms with Gasteiger partial charge in [-0.3, -0.25) is 10.1 Å². The topological polar surface area (TPSA) is 89.3 Å². The molecule has 1 aromatic rings. The maximum Gasteiger partial charge on any atom is 0.255 e. The maximum absolute atomic E-state index is 13.0. The third kappa shape index (κ3) is 2.04. The van der Waals surface area contributed by atoms with Gasteiger partial charge in [-0.1, -0.05) is 18.2 Å². The van der Waals surface area contributed by atoms with Gasteiger partial charge in [0.25, 0.3) is 5.91 Å². The van der Waals surface area contributed by atoms with Crippen LogP contribution in [-0.2, 0) is 14.6 Å². The molecular formula is C13H18N2O3S2. The molecule has 1 aliphatic rings. The third-order valence-corrected chi connectivity index (χ3v) is 7.71. The lowest BCUT2D eigenvalue weighted by atomic mass is 10.0. The Balaban J connectivity index is 2.68. The van der Waals surface area contributed by atoms with Crippen LogP contribution in [-0.4, -0.2) is 36.2 Å². The van der Waals surface area contributed by atoms with Gasteiger partial charge in [0.15, 0.2) is 0 Å². The highest BCUT2D eigenvalue weighted by atomic mass is 32.2. The Morgan fingerprint density at radius 2 is 1.90 bits per heavy atom. The minimum Gasteiger partial charge on any atom is -0.367 e. The van der Waals surface area contributed by atoms with E-state index in [1.807, 2.05) is 0 Å². The molecule has 1 fully saturated rings. The quantitative estimate of drug-likeness (QED) is 0.859. The van der Waals surface area contributed by atoms with E-state index < -0.39 is 25.4 Å². The summed E-state index contributed by atoms with van der Waals surface area (Å²) in [5, 5.41) is 2.88. The van der Waals surface area contributed by atoms with Crippen molar-refractivity contribution < 1.29 is 13.2 Å². The van der Waals surface area contributed by atoms with Gasteiger partial charge in [0.05, 0.1) is 9.64 Å². The average Bonchev–Trinajstić information content (AvgIpc) is 2.38. The number of carbonyl (C=O) groups excluding carboxylic acids is 1. The highest BCUT2D eigenvalue weighted by Gasteiger charge is 2.61. The van der Waals surface area contributed by atoms with E-state index in [2.05, 4.69) is 5.32 Å². The number of hydrogen-bond donors (Lipinski definition) is 2. The number of primary amides is 1. The van der Waals surface area contributed by atoms with E-state index in [0.29, 0.717) is 6.54 Å². The van der Waals surface area contributed by atoms with E-state index in [9.17, 15) is 13.2 Å². The summed E-state index contributed by atoms with van der Waals surface area (Å²) in [6.07, 6.45) is 0. The first-order chi connectivity index (χ1) is 9.26.